The highest BCUT2D eigenvalue weighted by molar-refractivity contribution is 6.04. The standard InChI is InChI=1S/C23H23NO3/c1-16-8-13-20(14-17(16)2)24-23(25)19-11-9-18(10-12-19)15-27-22-7-5-4-6-21(22)26-3/h4-14H,15H2,1-3H3,(H,24,25). The Morgan fingerprint density at radius 2 is 1.59 bits per heavy atom. The Labute approximate surface area is 159 Å². The van der Waals surface area contributed by atoms with Crippen LogP contribution in [0.2, 0.25) is 0 Å². The largest absolute Gasteiger partial charge is 0.493 e. The molecule has 138 valence electrons. The van der Waals surface area contributed by atoms with E-state index < -0.39 is 0 Å². The van der Waals surface area contributed by atoms with Crippen molar-refractivity contribution in [2.45, 2.75) is 20.5 Å². The van der Waals surface area contributed by atoms with Crippen LogP contribution in [0.25, 0.3) is 0 Å². The van der Waals surface area contributed by atoms with Gasteiger partial charge in [-0.15, -0.1) is 0 Å². The van der Waals surface area contributed by atoms with Crippen LogP contribution in [-0.4, -0.2) is 13.0 Å². The average Bonchev–Trinajstić information content (AvgIpc) is 2.69. The smallest absolute Gasteiger partial charge is 0.255 e. The molecule has 0 aliphatic rings. The lowest BCUT2D eigenvalue weighted by atomic mass is 10.1. The number of ether oxygens (including phenoxy) is 2. The number of carbonyl (C=O) groups is 1. The molecule has 0 atom stereocenters. The van der Waals surface area contributed by atoms with Crippen LogP contribution < -0.4 is 14.8 Å². The Morgan fingerprint density at radius 1 is 0.889 bits per heavy atom. The first-order valence-electron chi connectivity index (χ1n) is 8.80. The van der Waals surface area contributed by atoms with E-state index in [4.69, 9.17) is 9.47 Å². The van der Waals surface area contributed by atoms with Gasteiger partial charge in [-0.3, -0.25) is 4.79 Å². The van der Waals surface area contributed by atoms with Crippen molar-refractivity contribution in [2.75, 3.05) is 12.4 Å². The molecule has 0 saturated heterocycles. The van der Waals surface area contributed by atoms with Crippen molar-refractivity contribution >= 4 is 11.6 Å². The number of amides is 1. The Hall–Kier alpha value is -3.27. The lowest BCUT2D eigenvalue weighted by molar-refractivity contribution is 0.102. The van der Waals surface area contributed by atoms with Crippen molar-refractivity contribution in [1.82, 2.24) is 0 Å². The maximum atomic E-state index is 12.4. The Balaban J connectivity index is 1.62. The molecule has 3 rings (SSSR count). The van der Waals surface area contributed by atoms with Gasteiger partial charge in [0.25, 0.3) is 5.91 Å². The number of para-hydroxylation sites is 2. The summed E-state index contributed by atoms with van der Waals surface area (Å²) >= 11 is 0. The molecule has 0 aliphatic carbocycles. The van der Waals surface area contributed by atoms with E-state index in [1.807, 2.05) is 68.4 Å². The van der Waals surface area contributed by atoms with E-state index in [1.54, 1.807) is 19.2 Å². The van der Waals surface area contributed by atoms with E-state index in [9.17, 15) is 4.79 Å². The van der Waals surface area contributed by atoms with Crippen molar-refractivity contribution in [3.8, 4) is 11.5 Å². The predicted molar refractivity (Wildman–Crippen MR) is 108 cm³/mol. The highest BCUT2D eigenvalue weighted by Gasteiger charge is 2.08. The van der Waals surface area contributed by atoms with Crippen molar-refractivity contribution in [3.63, 3.8) is 0 Å². The normalized spacial score (nSPS) is 10.3. The Kier molecular flexibility index (Phi) is 5.77. The van der Waals surface area contributed by atoms with Gasteiger partial charge in [0, 0.05) is 11.3 Å². The number of anilines is 1. The quantitative estimate of drug-likeness (QED) is 0.661. The maximum Gasteiger partial charge on any atom is 0.255 e. The maximum absolute atomic E-state index is 12.4. The second kappa shape index (κ2) is 8.41. The molecule has 0 unspecified atom stereocenters. The predicted octanol–water partition coefficient (Wildman–Crippen LogP) is 5.14. The molecule has 1 amide bonds. The van der Waals surface area contributed by atoms with Gasteiger partial charge in [-0.05, 0) is 66.9 Å². The third-order valence-electron chi connectivity index (χ3n) is 4.44. The molecule has 3 aromatic rings. The van der Waals surface area contributed by atoms with E-state index >= 15 is 0 Å². The van der Waals surface area contributed by atoms with Crippen LogP contribution in [0.5, 0.6) is 11.5 Å². The third kappa shape index (κ3) is 4.67. The second-order valence-corrected chi connectivity index (χ2v) is 6.39. The fourth-order valence-corrected chi connectivity index (χ4v) is 2.67. The fourth-order valence-electron chi connectivity index (χ4n) is 2.67. The molecule has 3 aromatic carbocycles. The van der Waals surface area contributed by atoms with Crippen LogP contribution in [0, 0.1) is 13.8 Å². The van der Waals surface area contributed by atoms with Crippen LogP contribution in [0.1, 0.15) is 27.0 Å². The molecular formula is C23H23NO3. The number of aryl methyl sites for hydroxylation is 2. The third-order valence-corrected chi connectivity index (χ3v) is 4.44. The number of methoxy groups -OCH3 is 1. The molecular weight excluding hydrogens is 338 g/mol. The van der Waals surface area contributed by atoms with Gasteiger partial charge in [0.15, 0.2) is 11.5 Å². The zero-order valence-corrected chi connectivity index (χ0v) is 15.8. The van der Waals surface area contributed by atoms with Gasteiger partial charge in [0.1, 0.15) is 6.61 Å². The van der Waals surface area contributed by atoms with Crippen LogP contribution in [-0.2, 0) is 6.61 Å². The van der Waals surface area contributed by atoms with Crippen LogP contribution in [0.15, 0.2) is 66.7 Å². The summed E-state index contributed by atoms with van der Waals surface area (Å²) in [7, 11) is 1.62. The van der Waals surface area contributed by atoms with E-state index in [-0.39, 0.29) is 5.91 Å². The minimum Gasteiger partial charge on any atom is -0.493 e. The monoisotopic (exact) mass is 361 g/mol. The first kappa shape index (κ1) is 18.5. The number of hydrogen-bond acceptors (Lipinski definition) is 3. The van der Waals surface area contributed by atoms with Crippen LogP contribution in [0.3, 0.4) is 0 Å². The lowest BCUT2D eigenvalue weighted by Gasteiger charge is -2.11. The Bertz CT molecular complexity index is 933. The molecule has 0 heterocycles. The summed E-state index contributed by atoms with van der Waals surface area (Å²) in [6.07, 6.45) is 0. The number of benzene rings is 3. The number of carbonyl (C=O) groups excluding carboxylic acids is 1. The van der Waals surface area contributed by atoms with Gasteiger partial charge >= 0.3 is 0 Å². The first-order chi connectivity index (χ1) is 13.1. The zero-order valence-electron chi connectivity index (χ0n) is 15.8. The van der Waals surface area contributed by atoms with Gasteiger partial charge < -0.3 is 14.8 Å². The topological polar surface area (TPSA) is 47.6 Å². The highest BCUT2D eigenvalue weighted by atomic mass is 16.5. The van der Waals surface area contributed by atoms with Gasteiger partial charge in [0.05, 0.1) is 7.11 Å². The van der Waals surface area contributed by atoms with E-state index in [2.05, 4.69) is 5.32 Å². The molecule has 1 N–H and O–H groups in total. The molecule has 0 spiro atoms. The average molecular weight is 361 g/mol. The van der Waals surface area contributed by atoms with Crippen molar-refractivity contribution in [1.29, 1.82) is 0 Å². The minimum atomic E-state index is -0.129. The number of nitrogens with one attached hydrogen (secondary N) is 1. The van der Waals surface area contributed by atoms with Crippen molar-refractivity contribution in [3.05, 3.63) is 89.0 Å². The minimum absolute atomic E-state index is 0.129. The van der Waals surface area contributed by atoms with Gasteiger partial charge in [-0.1, -0.05) is 30.3 Å². The summed E-state index contributed by atoms with van der Waals surface area (Å²) in [5, 5.41) is 2.93. The molecule has 27 heavy (non-hydrogen) atoms. The summed E-state index contributed by atoms with van der Waals surface area (Å²) in [5.41, 5.74) is 4.73. The SMILES string of the molecule is COc1ccccc1OCc1ccc(C(=O)Nc2ccc(C)c(C)c2)cc1. The van der Waals surface area contributed by atoms with Gasteiger partial charge in [-0.25, -0.2) is 0 Å². The molecule has 0 radical (unpaired) electrons. The van der Waals surface area contributed by atoms with Crippen LogP contribution in [0.4, 0.5) is 5.69 Å². The van der Waals surface area contributed by atoms with E-state index in [0.29, 0.717) is 23.7 Å². The molecule has 4 nitrogen and oxygen atoms in total. The number of rotatable bonds is 6. The first-order valence-corrected chi connectivity index (χ1v) is 8.80. The summed E-state index contributed by atoms with van der Waals surface area (Å²) in [6.45, 7) is 4.48. The molecule has 0 aromatic heterocycles. The van der Waals surface area contributed by atoms with Gasteiger partial charge in [0.2, 0.25) is 0 Å². The molecule has 4 heteroatoms. The van der Waals surface area contributed by atoms with Gasteiger partial charge in [-0.2, -0.15) is 0 Å². The van der Waals surface area contributed by atoms with E-state index in [1.165, 1.54) is 5.56 Å². The van der Waals surface area contributed by atoms with Crippen LogP contribution >= 0.6 is 0 Å². The Morgan fingerprint density at radius 3 is 2.26 bits per heavy atom. The molecule has 0 saturated carbocycles. The lowest BCUT2D eigenvalue weighted by Crippen LogP contribution is -2.12. The summed E-state index contributed by atoms with van der Waals surface area (Å²) in [4.78, 5) is 12.4. The zero-order chi connectivity index (χ0) is 19.2. The van der Waals surface area contributed by atoms with Crippen molar-refractivity contribution < 1.29 is 14.3 Å². The summed E-state index contributed by atoms with van der Waals surface area (Å²) < 4.78 is 11.1. The fraction of sp³-hybridized carbons (Fsp3) is 0.174. The van der Waals surface area contributed by atoms with Crippen molar-refractivity contribution in [2.24, 2.45) is 0 Å². The molecule has 0 bridgehead atoms. The molecule has 0 fully saturated rings. The summed E-state index contributed by atoms with van der Waals surface area (Å²) in [5.74, 6) is 1.26. The molecule has 0 aliphatic heterocycles. The van der Waals surface area contributed by atoms with E-state index in [0.717, 1.165) is 16.8 Å². The second-order valence-electron chi connectivity index (χ2n) is 6.39. The highest BCUT2D eigenvalue weighted by Crippen LogP contribution is 2.26. The summed E-state index contributed by atoms with van der Waals surface area (Å²) in [6, 6.07) is 20.8. The number of hydrogen-bond donors (Lipinski definition) is 1.